The van der Waals surface area contributed by atoms with Crippen LogP contribution in [0, 0.1) is 10.6 Å². The van der Waals surface area contributed by atoms with Crippen LogP contribution < -0.4 is 0 Å². The molecule has 0 atom stereocenters. The number of aryl methyl sites for hydroxylation is 2. The first-order chi connectivity index (χ1) is 7.66. The molecule has 1 N–H and O–H groups in total. The summed E-state index contributed by atoms with van der Waals surface area (Å²) in [6, 6.07) is 0. The highest BCUT2D eigenvalue weighted by atomic mass is 32.1. The maximum absolute atomic E-state index is 5.38. The number of H-pyrrole nitrogens is 1. The lowest BCUT2D eigenvalue weighted by molar-refractivity contribution is 0.568. The van der Waals surface area contributed by atoms with E-state index in [0.717, 1.165) is 35.6 Å². The van der Waals surface area contributed by atoms with Gasteiger partial charge < -0.3 is 4.98 Å². The number of nitrogens with zero attached hydrogens (tertiary/aromatic N) is 1. The van der Waals surface area contributed by atoms with Crippen molar-refractivity contribution in [2.24, 2.45) is 5.92 Å². The minimum absolute atomic E-state index is 0.722. The third-order valence-corrected chi connectivity index (χ3v) is 3.55. The van der Waals surface area contributed by atoms with Gasteiger partial charge in [-0.15, -0.1) is 0 Å². The van der Waals surface area contributed by atoms with E-state index in [2.05, 4.69) is 23.8 Å². The summed E-state index contributed by atoms with van der Waals surface area (Å²) in [5.41, 5.74) is 2.65. The number of hydrogen-bond acceptors (Lipinski definition) is 2. The highest BCUT2D eigenvalue weighted by molar-refractivity contribution is 7.71. The first kappa shape index (κ1) is 11.8. The molecule has 0 saturated carbocycles. The Hall–Kier alpha value is -0.700. The lowest BCUT2D eigenvalue weighted by atomic mass is 9.97. The van der Waals surface area contributed by atoms with Crippen LogP contribution in [0.2, 0.25) is 0 Å². The second-order valence-electron chi connectivity index (χ2n) is 5.09. The molecule has 2 nitrogen and oxygen atoms in total. The van der Waals surface area contributed by atoms with Crippen molar-refractivity contribution in [1.82, 2.24) is 9.97 Å². The number of hydrogen-bond donors (Lipinski definition) is 1. The molecule has 1 aromatic rings. The second-order valence-corrected chi connectivity index (χ2v) is 5.47. The predicted octanol–water partition coefficient (Wildman–Crippen LogP) is 3.61. The molecule has 1 aliphatic carbocycles. The molecule has 1 aliphatic rings. The van der Waals surface area contributed by atoms with Gasteiger partial charge in [-0.25, -0.2) is 4.98 Å². The first-order valence-electron chi connectivity index (χ1n) is 6.27. The number of aromatic nitrogens is 2. The zero-order valence-electron chi connectivity index (χ0n) is 10.2. The largest absolute Gasteiger partial charge is 0.347 e. The highest BCUT2D eigenvalue weighted by Crippen LogP contribution is 2.20. The molecule has 0 fully saturated rings. The van der Waals surface area contributed by atoms with Crippen LogP contribution >= 0.6 is 12.2 Å². The Balaban J connectivity index is 2.22. The van der Waals surface area contributed by atoms with Crippen LogP contribution in [-0.4, -0.2) is 9.97 Å². The lowest BCUT2D eigenvalue weighted by Crippen LogP contribution is -2.10. The Bertz CT molecular complexity index is 420. The molecule has 16 heavy (non-hydrogen) atoms. The molecule has 0 amide bonds. The highest BCUT2D eigenvalue weighted by Gasteiger charge is 2.13. The minimum Gasteiger partial charge on any atom is -0.347 e. The summed E-state index contributed by atoms with van der Waals surface area (Å²) < 4.78 is 0.840. The maximum Gasteiger partial charge on any atom is 0.133 e. The standard InChI is InChI=1S/C13H20N2S/c1-9(2)7-8-12-14-11-6-4-3-5-10(11)13(16)15-12/h9H,3-8H2,1-2H3,(H,14,15,16). The fourth-order valence-electron chi connectivity index (χ4n) is 2.22. The Labute approximate surface area is 103 Å². The van der Waals surface area contributed by atoms with Crippen molar-refractivity contribution in [3.63, 3.8) is 0 Å². The van der Waals surface area contributed by atoms with E-state index in [1.807, 2.05) is 0 Å². The molecule has 0 spiro atoms. The molecule has 0 saturated heterocycles. The summed E-state index contributed by atoms with van der Waals surface area (Å²) >= 11 is 5.38. The van der Waals surface area contributed by atoms with Crippen molar-refractivity contribution in [1.29, 1.82) is 0 Å². The minimum atomic E-state index is 0.722. The van der Waals surface area contributed by atoms with Crippen LogP contribution in [0.25, 0.3) is 0 Å². The van der Waals surface area contributed by atoms with E-state index in [1.165, 1.54) is 30.5 Å². The molecule has 2 rings (SSSR count). The zero-order valence-corrected chi connectivity index (χ0v) is 11.0. The fraction of sp³-hybridized carbons (Fsp3) is 0.692. The van der Waals surface area contributed by atoms with Gasteiger partial charge in [-0.05, 0) is 38.0 Å². The second kappa shape index (κ2) is 5.09. The maximum atomic E-state index is 5.38. The SMILES string of the molecule is CC(C)CCc1nc(=S)c2c([nH]1)CCCC2. The first-order valence-corrected chi connectivity index (χ1v) is 6.68. The third-order valence-electron chi connectivity index (χ3n) is 3.22. The van der Waals surface area contributed by atoms with Crippen molar-refractivity contribution in [3.8, 4) is 0 Å². The fourth-order valence-corrected chi connectivity index (χ4v) is 2.55. The van der Waals surface area contributed by atoms with Crippen molar-refractivity contribution < 1.29 is 0 Å². The van der Waals surface area contributed by atoms with E-state index in [1.54, 1.807) is 0 Å². The molecule has 1 heterocycles. The lowest BCUT2D eigenvalue weighted by Gasteiger charge is -2.16. The van der Waals surface area contributed by atoms with Crippen LogP contribution in [0.5, 0.6) is 0 Å². The molecule has 88 valence electrons. The molecule has 1 aromatic heterocycles. The molecule has 3 heteroatoms. The van der Waals surface area contributed by atoms with Gasteiger partial charge in [0, 0.05) is 17.7 Å². The summed E-state index contributed by atoms with van der Waals surface area (Å²) in [5.74, 6) is 1.80. The molecular formula is C13H20N2S. The van der Waals surface area contributed by atoms with Gasteiger partial charge >= 0.3 is 0 Å². The van der Waals surface area contributed by atoms with Crippen LogP contribution in [0.15, 0.2) is 0 Å². The van der Waals surface area contributed by atoms with Gasteiger partial charge in [0.05, 0.1) is 0 Å². The van der Waals surface area contributed by atoms with Crippen LogP contribution in [0.4, 0.5) is 0 Å². The van der Waals surface area contributed by atoms with Gasteiger partial charge in [-0.3, -0.25) is 0 Å². The van der Waals surface area contributed by atoms with E-state index in [4.69, 9.17) is 12.2 Å². The van der Waals surface area contributed by atoms with Gasteiger partial charge in [0.1, 0.15) is 10.5 Å². The van der Waals surface area contributed by atoms with Gasteiger partial charge in [-0.1, -0.05) is 26.1 Å². The monoisotopic (exact) mass is 236 g/mol. The number of fused-ring (bicyclic) bond motifs is 1. The molecule has 0 bridgehead atoms. The molecule has 0 radical (unpaired) electrons. The zero-order chi connectivity index (χ0) is 11.5. The summed E-state index contributed by atoms with van der Waals surface area (Å²) in [6.45, 7) is 4.49. The van der Waals surface area contributed by atoms with Gasteiger partial charge in [0.25, 0.3) is 0 Å². The predicted molar refractivity (Wildman–Crippen MR) is 69.2 cm³/mol. The number of nitrogens with one attached hydrogen (secondary N) is 1. The van der Waals surface area contributed by atoms with Crippen molar-refractivity contribution >= 4 is 12.2 Å². The van der Waals surface area contributed by atoms with E-state index in [0.29, 0.717) is 0 Å². The van der Waals surface area contributed by atoms with Crippen LogP contribution in [0.1, 0.15) is 50.2 Å². The summed E-state index contributed by atoms with van der Waals surface area (Å²) in [7, 11) is 0. The van der Waals surface area contributed by atoms with Crippen molar-refractivity contribution in [3.05, 3.63) is 21.7 Å². The Morgan fingerprint density at radius 2 is 2.06 bits per heavy atom. The van der Waals surface area contributed by atoms with Crippen molar-refractivity contribution in [2.75, 3.05) is 0 Å². The Kier molecular flexibility index (Phi) is 3.74. The quantitative estimate of drug-likeness (QED) is 0.812. The Morgan fingerprint density at radius 1 is 1.31 bits per heavy atom. The third kappa shape index (κ3) is 2.70. The van der Waals surface area contributed by atoms with E-state index in [-0.39, 0.29) is 0 Å². The van der Waals surface area contributed by atoms with E-state index >= 15 is 0 Å². The van der Waals surface area contributed by atoms with Crippen LogP contribution in [-0.2, 0) is 19.3 Å². The summed E-state index contributed by atoms with van der Waals surface area (Å²) in [4.78, 5) is 8.00. The van der Waals surface area contributed by atoms with E-state index < -0.39 is 0 Å². The van der Waals surface area contributed by atoms with Crippen LogP contribution in [0.3, 0.4) is 0 Å². The topological polar surface area (TPSA) is 28.7 Å². The average Bonchev–Trinajstić information content (AvgIpc) is 2.26. The van der Waals surface area contributed by atoms with E-state index in [9.17, 15) is 0 Å². The normalized spacial score (nSPS) is 15.2. The molecule has 0 aromatic carbocycles. The number of rotatable bonds is 3. The number of aromatic amines is 1. The summed E-state index contributed by atoms with van der Waals surface area (Å²) in [6.07, 6.45) is 7.01. The summed E-state index contributed by atoms with van der Waals surface area (Å²) in [5, 5.41) is 0. The molecule has 0 unspecified atom stereocenters. The Morgan fingerprint density at radius 3 is 2.81 bits per heavy atom. The van der Waals surface area contributed by atoms with Gasteiger partial charge in [0.2, 0.25) is 0 Å². The van der Waals surface area contributed by atoms with Gasteiger partial charge in [-0.2, -0.15) is 0 Å². The molecular weight excluding hydrogens is 216 g/mol. The van der Waals surface area contributed by atoms with Gasteiger partial charge in [0.15, 0.2) is 0 Å². The average molecular weight is 236 g/mol. The van der Waals surface area contributed by atoms with Crippen molar-refractivity contribution in [2.45, 2.75) is 52.4 Å². The molecule has 0 aliphatic heterocycles. The smallest absolute Gasteiger partial charge is 0.133 e.